The van der Waals surface area contributed by atoms with Crippen molar-refractivity contribution in [1.82, 2.24) is 14.7 Å². The summed E-state index contributed by atoms with van der Waals surface area (Å²) in [5, 5.41) is 6.85. The Morgan fingerprint density at radius 1 is 1.20 bits per heavy atom. The van der Waals surface area contributed by atoms with Gasteiger partial charge < -0.3 is 20.3 Å². The normalized spacial score (nSPS) is 20.3. The van der Waals surface area contributed by atoms with E-state index in [4.69, 9.17) is 16.3 Å². The third-order valence-electron chi connectivity index (χ3n) is 6.36. The molecule has 190 valence electrons. The number of nitrogens with zero attached hydrogens (tertiary/aromatic N) is 3. The summed E-state index contributed by atoms with van der Waals surface area (Å²) in [6.07, 6.45) is 7.05. The van der Waals surface area contributed by atoms with Crippen LogP contribution in [0, 0.1) is 0 Å². The van der Waals surface area contributed by atoms with E-state index < -0.39 is 10.0 Å². The van der Waals surface area contributed by atoms with Crippen LogP contribution in [-0.2, 0) is 21.2 Å². The highest BCUT2D eigenvalue weighted by Crippen LogP contribution is 2.40. The molecule has 1 aliphatic carbocycles. The van der Waals surface area contributed by atoms with E-state index >= 15 is 0 Å². The maximum absolute atomic E-state index is 12.5. The van der Waals surface area contributed by atoms with E-state index in [0.29, 0.717) is 41.2 Å². The molecule has 0 bridgehead atoms. The molecule has 1 aliphatic heterocycles. The molecule has 3 N–H and O–H groups in total. The maximum Gasteiger partial charge on any atom is 0.229 e. The topological polar surface area (TPSA) is 126 Å². The number of nitrogens with one attached hydrogen (secondary N) is 3. The van der Waals surface area contributed by atoms with Gasteiger partial charge in [0.15, 0.2) is 5.82 Å². The molecule has 35 heavy (non-hydrogen) atoms. The smallest absolute Gasteiger partial charge is 0.229 e. The monoisotopic (exact) mass is 522 g/mol. The largest absolute Gasteiger partial charge is 0.494 e. The lowest BCUT2D eigenvalue weighted by atomic mass is 10.0. The number of carbonyl (C=O) groups is 1. The fourth-order valence-corrected chi connectivity index (χ4v) is 5.83. The molecule has 1 amide bonds. The highest BCUT2D eigenvalue weighted by Gasteiger charge is 2.30. The lowest BCUT2D eigenvalue weighted by Crippen LogP contribution is -2.43. The fourth-order valence-electron chi connectivity index (χ4n) is 4.85. The van der Waals surface area contributed by atoms with E-state index in [1.807, 2.05) is 19.1 Å². The minimum Gasteiger partial charge on any atom is -0.494 e. The zero-order chi connectivity index (χ0) is 25.2. The number of hydrogen-bond acceptors (Lipinski definition) is 8. The standard InChI is InChI=1S/C23H31ClN6O4S/c1-4-30-19-12-11-18(21(34-2)14(19)7-5-10-20(30)31)27-23-25-13-15(24)22(28-23)26-16-8-6-9-17(16)29-35(3,32)33/h11-13,16-17,29H,4-10H2,1-3H3,(H2,25,26,27,28). The van der Waals surface area contributed by atoms with Crippen molar-refractivity contribution in [2.45, 2.75) is 57.5 Å². The summed E-state index contributed by atoms with van der Waals surface area (Å²) < 4.78 is 31.9. The molecule has 2 atom stereocenters. The summed E-state index contributed by atoms with van der Waals surface area (Å²) in [7, 11) is -1.72. The summed E-state index contributed by atoms with van der Waals surface area (Å²) in [6.45, 7) is 2.55. The summed E-state index contributed by atoms with van der Waals surface area (Å²) >= 11 is 6.36. The number of carbonyl (C=O) groups excluding carboxylic acids is 1. The van der Waals surface area contributed by atoms with Crippen LogP contribution in [0.5, 0.6) is 5.75 Å². The van der Waals surface area contributed by atoms with Gasteiger partial charge in [-0.05, 0) is 51.2 Å². The van der Waals surface area contributed by atoms with E-state index in [1.54, 1.807) is 12.0 Å². The third-order valence-corrected chi connectivity index (χ3v) is 7.37. The molecule has 12 heteroatoms. The van der Waals surface area contributed by atoms with E-state index in [0.717, 1.165) is 49.6 Å². The minimum atomic E-state index is -3.33. The molecule has 4 rings (SSSR count). The van der Waals surface area contributed by atoms with Crippen LogP contribution in [0.1, 0.15) is 44.6 Å². The second-order valence-corrected chi connectivity index (χ2v) is 11.0. The van der Waals surface area contributed by atoms with Gasteiger partial charge >= 0.3 is 0 Å². The number of aromatic nitrogens is 2. The van der Waals surface area contributed by atoms with Crippen molar-refractivity contribution < 1.29 is 17.9 Å². The summed E-state index contributed by atoms with van der Waals surface area (Å²) in [5.41, 5.74) is 2.52. The van der Waals surface area contributed by atoms with Crippen molar-refractivity contribution in [2.75, 3.05) is 35.4 Å². The number of benzene rings is 1. The molecule has 2 unspecified atom stereocenters. The minimum absolute atomic E-state index is 0.112. The third kappa shape index (κ3) is 5.79. The molecule has 1 aromatic heterocycles. The predicted octanol–water partition coefficient (Wildman–Crippen LogP) is 3.45. The molecule has 0 saturated heterocycles. The van der Waals surface area contributed by atoms with Gasteiger partial charge in [0.25, 0.3) is 0 Å². The van der Waals surface area contributed by atoms with Crippen LogP contribution in [0.25, 0.3) is 0 Å². The summed E-state index contributed by atoms with van der Waals surface area (Å²) in [6, 6.07) is 3.40. The van der Waals surface area contributed by atoms with Crippen molar-refractivity contribution in [3.8, 4) is 5.75 Å². The number of methoxy groups -OCH3 is 1. The van der Waals surface area contributed by atoms with Gasteiger partial charge in [0.1, 0.15) is 10.8 Å². The first kappa shape index (κ1) is 25.5. The SMILES string of the molecule is CCN1C(=O)CCCc2c1ccc(Nc1ncc(Cl)c(NC3CCCC3NS(C)(=O)=O)n1)c2OC. The number of amides is 1. The first-order valence-corrected chi connectivity index (χ1v) is 14.0. The first-order chi connectivity index (χ1) is 16.7. The Morgan fingerprint density at radius 3 is 2.69 bits per heavy atom. The number of hydrogen-bond donors (Lipinski definition) is 3. The Balaban J connectivity index is 1.59. The van der Waals surface area contributed by atoms with E-state index in [1.165, 1.54) is 6.20 Å². The van der Waals surface area contributed by atoms with Crippen molar-refractivity contribution >= 4 is 50.7 Å². The average Bonchev–Trinajstić information content (AvgIpc) is 3.14. The summed E-state index contributed by atoms with van der Waals surface area (Å²) in [4.78, 5) is 23.1. The van der Waals surface area contributed by atoms with Gasteiger partial charge in [0, 0.05) is 30.6 Å². The molecular formula is C23H31ClN6O4S. The Bertz CT molecular complexity index is 1210. The summed E-state index contributed by atoms with van der Waals surface area (Å²) in [5.74, 6) is 1.50. The van der Waals surface area contributed by atoms with E-state index in [9.17, 15) is 13.2 Å². The Hall–Kier alpha value is -2.63. The van der Waals surface area contributed by atoms with Gasteiger partial charge in [-0.2, -0.15) is 4.98 Å². The zero-order valence-electron chi connectivity index (χ0n) is 20.1. The second kappa shape index (κ2) is 10.5. The van der Waals surface area contributed by atoms with Crippen LogP contribution >= 0.6 is 11.6 Å². The van der Waals surface area contributed by atoms with Crippen LogP contribution in [0.4, 0.5) is 23.1 Å². The number of anilines is 4. The highest BCUT2D eigenvalue weighted by atomic mass is 35.5. The molecule has 2 heterocycles. The molecule has 0 spiro atoms. The predicted molar refractivity (Wildman–Crippen MR) is 137 cm³/mol. The molecule has 1 saturated carbocycles. The number of halogens is 1. The van der Waals surface area contributed by atoms with Crippen molar-refractivity contribution in [3.05, 3.63) is 28.9 Å². The number of sulfonamides is 1. The highest BCUT2D eigenvalue weighted by molar-refractivity contribution is 7.88. The van der Waals surface area contributed by atoms with Crippen molar-refractivity contribution in [1.29, 1.82) is 0 Å². The Labute approximate surface area is 210 Å². The molecular weight excluding hydrogens is 492 g/mol. The fraction of sp³-hybridized carbons (Fsp3) is 0.522. The van der Waals surface area contributed by atoms with Gasteiger partial charge in [0.05, 0.1) is 30.9 Å². The number of rotatable bonds is 8. The first-order valence-electron chi connectivity index (χ1n) is 11.7. The van der Waals surface area contributed by atoms with Gasteiger partial charge in [-0.15, -0.1) is 0 Å². The lowest BCUT2D eigenvalue weighted by molar-refractivity contribution is -0.118. The van der Waals surface area contributed by atoms with E-state index in [2.05, 4.69) is 25.3 Å². The van der Waals surface area contributed by atoms with Crippen molar-refractivity contribution in [2.24, 2.45) is 0 Å². The molecule has 1 fully saturated rings. The molecule has 1 aromatic carbocycles. The van der Waals surface area contributed by atoms with Crippen LogP contribution in [0.2, 0.25) is 5.02 Å². The molecule has 2 aromatic rings. The van der Waals surface area contributed by atoms with Gasteiger partial charge in [-0.1, -0.05) is 11.6 Å². The van der Waals surface area contributed by atoms with Gasteiger partial charge in [-0.25, -0.2) is 18.1 Å². The quantitative estimate of drug-likeness (QED) is 0.481. The average molecular weight is 523 g/mol. The Kier molecular flexibility index (Phi) is 7.67. The van der Waals surface area contributed by atoms with E-state index in [-0.39, 0.29) is 18.0 Å². The maximum atomic E-state index is 12.5. The van der Waals surface area contributed by atoms with Crippen LogP contribution < -0.4 is 25.0 Å². The molecule has 0 radical (unpaired) electrons. The van der Waals surface area contributed by atoms with Crippen molar-refractivity contribution in [3.63, 3.8) is 0 Å². The van der Waals surface area contributed by atoms with Gasteiger partial charge in [0.2, 0.25) is 21.9 Å². The van der Waals surface area contributed by atoms with Crippen LogP contribution in [-0.4, -0.2) is 56.3 Å². The second-order valence-electron chi connectivity index (χ2n) is 8.83. The van der Waals surface area contributed by atoms with Crippen LogP contribution in [0.3, 0.4) is 0 Å². The van der Waals surface area contributed by atoms with Crippen LogP contribution in [0.15, 0.2) is 18.3 Å². The molecule has 10 nitrogen and oxygen atoms in total. The number of ether oxygens (including phenoxy) is 1. The number of fused-ring (bicyclic) bond motifs is 1. The van der Waals surface area contributed by atoms with Gasteiger partial charge in [-0.3, -0.25) is 4.79 Å². The zero-order valence-corrected chi connectivity index (χ0v) is 21.7. The Morgan fingerprint density at radius 2 is 1.97 bits per heavy atom. The lowest BCUT2D eigenvalue weighted by Gasteiger charge is -2.24. The molecule has 2 aliphatic rings.